The molecule has 1 saturated heterocycles. The number of carbonyl (C=O) groups excluding carboxylic acids is 1. The van der Waals surface area contributed by atoms with Crippen LogP contribution in [0, 0.1) is 5.41 Å². The first-order chi connectivity index (χ1) is 9.08. The second kappa shape index (κ2) is 5.67. The number of rotatable bonds is 3. The number of carbonyl (C=O) groups is 1. The Morgan fingerprint density at radius 1 is 1.32 bits per heavy atom. The Labute approximate surface area is 118 Å². The molecule has 4 nitrogen and oxygen atoms in total. The summed E-state index contributed by atoms with van der Waals surface area (Å²) >= 11 is 5.15. The number of nitrogens with two attached hydrogens (primary N) is 1. The molecule has 1 aromatic carbocycles. The van der Waals surface area contributed by atoms with Gasteiger partial charge in [-0.15, -0.1) is 0 Å². The van der Waals surface area contributed by atoms with E-state index in [1.807, 2.05) is 30.3 Å². The summed E-state index contributed by atoms with van der Waals surface area (Å²) in [5.41, 5.74) is 5.92. The van der Waals surface area contributed by atoms with E-state index in [1.54, 1.807) is 11.9 Å². The number of thiocarbonyl (C=S) groups is 1. The van der Waals surface area contributed by atoms with Crippen LogP contribution in [0.15, 0.2) is 30.3 Å². The molecule has 5 heteroatoms. The molecular weight excluding hydrogens is 260 g/mol. The van der Waals surface area contributed by atoms with Gasteiger partial charge in [0.1, 0.15) is 5.41 Å². The van der Waals surface area contributed by atoms with Crippen molar-refractivity contribution < 1.29 is 9.53 Å². The lowest BCUT2D eigenvalue weighted by Gasteiger charge is -2.37. The van der Waals surface area contributed by atoms with E-state index in [0.29, 0.717) is 26.1 Å². The van der Waals surface area contributed by atoms with Gasteiger partial charge >= 0.3 is 0 Å². The lowest BCUT2D eigenvalue weighted by Crippen LogP contribution is -2.52. The lowest BCUT2D eigenvalue weighted by molar-refractivity contribution is -0.128. The topological polar surface area (TPSA) is 55.6 Å². The number of para-hydroxylation sites is 1. The Bertz CT molecular complexity index is 470. The highest BCUT2D eigenvalue weighted by Gasteiger charge is 2.44. The van der Waals surface area contributed by atoms with Crippen LogP contribution in [0.4, 0.5) is 5.69 Å². The van der Waals surface area contributed by atoms with Crippen LogP contribution >= 0.6 is 12.2 Å². The molecule has 0 aliphatic carbocycles. The number of nitrogens with zero attached hydrogens (tertiary/aromatic N) is 1. The number of amides is 1. The van der Waals surface area contributed by atoms with E-state index in [-0.39, 0.29) is 10.9 Å². The Hall–Kier alpha value is -1.46. The molecular formula is C14H18N2O2S. The Morgan fingerprint density at radius 3 is 2.42 bits per heavy atom. The van der Waals surface area contributed by atoms with Gasteiger partial charge in [-0.05, 0) is 25.0 Å². The molecule has 0 radical (unpaired) electrons. The van der Waals surface area contributed by atoms with Crippen molar-refractivity contribution in [3.8, 4) is 0 Å². The predicted molar refractivity (Wildman–Crippen MR) is 79.1 cm³/mol. The van der Waals surface area contributed by atoms with Crippen LogP contribution in [-0.4, -0.2) is 31.2 Å². The van der Waals surface area contributed by atoms with Crippen LogP contribution in [0.2, 0.25) is 0 Å². The molecule has 0 saturated carbocycles. The van der Waals surface area contributed by atoms with Crippen molar-refractivity contribution >= 4 is 28.8 Å². The van der Waals surface area contributed by atoms with Gasteiger partial charge in [-0.2, -0.15) is 0 Å². The molecule has 0 spiro atoms. The molecule has 0 bridgehead atoms. The number of ether oxygens (including phenoxy) is 1. The fourth-order valence-electron chi connectivity index (χ4n) is 2.38. The van der Waals surface area contributed by atoms with Crippen LogP contribution in [0.1, 0.15) is 12.8 Å². The van der Waals surface area contributed by atoms with Crippen LogP contribution in [0.5, 0.6) is 0 Å². The molecule has 2 rings (SSSR count). The van der Waals surface area contributed by atoms with Crippen molar-refractivity contribution in [2.24, 2.45) is 11.1 Å². The number of hydrogen-bond donors (Lipinski definition) is 1. The molecule has 102 valence electrons. The van der Waals surface area contributed by atoms with Crippen molar-refractivity contribution in [1.29, 1.82) is 0 Å². The van der Waals surface area contributed by atoms with Gasteiger partial charge in [0, 0.05) is 25.9 Å². The first kappa shape index (κ1) is 14.0. The zero-order valence-electron chi connectivity index (χ0n) is 11.0. The molecule has 2 N–H and O–H groups in total. The van der Waals surface area contributed by atoms with Crippen LogP contribution < -0.4 is 10.6 Å². The highest BCUT2D eigenvalue weighted by atomic mass is 32.1. The summed E-state index contributed by atoms with van der Waals surface area (Å²) in [5.74, 6) is -0.0468. The molecule has 1 aromatic rings. The summed E-state index contributed by atoms with van der Waals surface area (Å²) < 4.78 is 5.32. The third kappa shape index (κ3) is 2.62. The molecule has 1 amide bonds. The molecule has 1 fully saturated rings. The number of anilines is 1. The van der Waals surface area contributed by atoms with Crippen LogP contribution in [0.25, 0.3) is 0 Å². The maximum atomic E-state index is 12.8. The highest BCUT2D eigenvalue weighted by molar-refractivity contribution is 7.80. The van der Waals surface area contributed by atoms with Crippen molar-refractivity contribution in [2.75, 3.05) is 25.2 Å². The van der Waals surface area contributed by atoms with Crippen molar-refractivity contribution in [2.45, 2.75) is 12.8 Å². The Balaban J connectivity index is 2.27. The van der Waals surface area contributed by atoms with Crippen molar-refractivity contribution in [3.05, 3.63) is 30.3 Å². The van der Waals surface area contributed by atoms with E-state index >= 15 is 0 Å². The maximum absolute atomic E-state index is 12.8. The van der Waals surface area contributed by atoms with Crippen molar-refractivity contribution in [1.82, 2.24) is 0 Å². The summed E-state index contributed by atoms with van der Waals surface area (Å²) in [5, 5.41) is 0. The molecule has 0 atom stereocenters. The minimum atomic E-state index is -0.766. The minimum absolute atomic E-state index is 0.0468. The maximum Gasteiger partial charge on any atom is 0.239 e. The van der Waals surface area contributed by atoms with Gasteiger partial charge in [-0.3, -0.25) is 4.79 Å². The highest BCUT2D eigenvalue weighted by Crippen LogP contribution is 2.34. The molecule has 0 unspecified atom stereocenters. The van der Waals surface area contributed by atoms with Gasteiger partial charge in [-0.1, -0.05) is 30.4 Å². The minimum Gasteiger partial charge on any atom is -0.392 e. The quantitative estimate of drug-likeness (QED) is 0.856. The van der Waals surface area contributed by atoms with Crippen LogP contribution in [-0.2, 0) is 9.53 Å². The third-order valence-corrected chi connectivity index (χ3v) is 4.07. The summed E-state index contributed by atoms with van der Waals surface area (Å²) in [4.78, 5) is 14.7. The average Bonchev–Trinajstić information content (AvgIpc) is 2.47. The second-order valence-electron chi connectivity index (χ2n) is 4.76. The summed E-state index contributed by atoms with van der Waals surface area (Å²) in [6.07, 6.45) is 1.11. The lowest BCUT2D eigenvalue weighted by atomic mass is 9.78. The van der Waals surface area contributed by atoms with E-state index < -0.39 is 5.41 Å². The van der Waals surface area contributed by atoms with Gasteiger partial charge in [-0.25, -0.2) is 0 Å². The predicted octanol–water partition coefficient (Wildman–Crippen LogP) is 1.73. The molecule has 1 aliphatic heterocycles. The monoisotopic (exact) mass is 278 g/mol. The van der Waals surface area contributed by atoms with E-state index in [0.717, 1.165) is 5.69 Å². The molecule has 1 aliphatic rings. The Kier molecular flexibility index (Phi) is 4.17. The van der Waals surface area contributed by atoms with E-state index in [4.69, 9.17) is 22.7 Å². The standard InChI is InChI=1S/C14H18N2O2S/c1-16(11-5-3-2-4-6-11)13(17)14(12(15)19)7-9-18-10-8-14/h2-6H,7-10H2,1H3,(H2,15,19). The van der Waals surface area contributed by atoms with Gasteiger partial charge in [0.15, 0.2) is 0 Å². The molecule has 19 heavy (non-hydrogen) atoms. The number of benzene rings is 1. The molecule has 0 aromatic heterocycles. The summed E-state index contributed by atoms with van der Waals surface area (Å²) in [6.45, 7) is 1.04. The van der Waals surface area contributed by atoms with E-state index in [2.05, 4.69) is 0 Å². The molecule has 1 heterocycles. The first-order valence-corrected chi connectivity index (χ1v) is 6.69. The largest absolute Gasteiger partial charge is 0.392 e. The average molecular weight is 278 g/mol. The van der Waals surface area contributed by atoms with Gasteiger partial charge < -0.3 is 15.4 Å². The third-order valence-electron chi connectivity index (χ3n) is 3.68. The zero-order chi connectivity index (χ0) is 13.9. The van der Waals surface area contributed by atoms with Gasteiger partial charge in [0.05, 0.1) is 4.99 Å². The van der Waals surface area contributed by atoms with E-state index in [9.17, 15) is 4.79 Å². The van der Waals surface area contributed by atoms with Gasteiger partial charge in [0.25, 0.3) is 0 Å². The fraction of sp³-hybridized carbons (Fsp3) is 0.429. The van der Waals surface area contributed by atoms with E-state index in [1.165, 1.54) is 0 Å². The number of hydrogen-bond acceptors (Lipinski definition) is 3. The SMILES string of the molecule is CN(C(=O)C1(C(N)=S)CCOCC1)c1ccccc1. The zero-order valence-corrected chi connectivity index (χ0v) is 11.8. The van der Waals surface area contributed by atoms with Crippen LogP contribution in [0.3, 0.4) is 0 Å². The summed E-state index contributed by atoms with van der Waals surface area (Å²) in [7, 11) is 1.76. The smallest absolute Gasteiger partial charge is 0.239 e. The first-order valence-electron chi connectivity index (χ1n) is 6.29. The fourth-order valence-corrected chi connectivity index (χ4v) is 2.67. The van der Waals surface area contributed by atoms with Gasteiger partial charge in [0.2, 0.25) is 5.91 Å². The van der Waals surface area contributed by atoms with Crippen molar-refractivity contribution in [3.63, 3.8) is 0 Å². The normalized spacial score (nSPS) is 17.7. The Morgan fingerprint density at radius 2 is 1.89 bits per heavy atom. The second-order valence-corrected chi connectivity index (χ2v) is 5.20. The summed E-state index contributed by atoms with van der Waals surface area (Å²) in [6, 6.07) is 9.50.